The van der Waals surface area contributed by atoms with E-state index >= 15 is 0 Å². The fourth-order valence-corrected chi connectivity index (χ4v) is 2.04. The van der Waals surface area contributed by atoms with Gasteiger partial charge in [0.25, 0.3) is 0 Å². The number of urea groups is 1. The summed E-state index contributed by atoms with van der Waals surface area (Å²) in [5, 5.41) is 14.1. The molecule has 1 rings (SSSR count). The number of amides is 2. The van der Waals surface area contributed by atoms with Gasteiger partial charge in [0.05, 0.1) is 12.5 Å². The first-order chi connectivity index (χ1) is 9.45. The molecule has 1 atom stereocenters. The van der Waals surface area contributed by atoms with E-state index in [0.29, 0.717) is 6.54 Å². The summed E-state index contributed by atoms with van der Waals surface area (Å²) in [5.74, 6) is -0.950. The molecule has 7 heteroatoms. The molecule has 1 unspecified atom stereocenters. The minimum atomic E-state index is -0.950. The highest BCUT2D eigenvalue weighted by Gasteiger charge is 2.27. The number of carbonyl (C=O) groups excluding carboxylic acids is 1. The van der Waals surface area contributed by atoms with E-state index in [9.17, 15) is 9.59 Å². The molecule has 7 nitrogen and oxygen atoms in total. The second kappa shape index (κ2) is 8.06. The Kier molecular flexibility index (Phi) is 6.74. The summed E-state index contributed by atoms with van der Waals surface area (Å²) in [5.41, 5.74) is 0.0668. The van der Waals surface area contributed by atoms with Crippen LogP contribution >= 0.6 is 0 Å². The second-order valence-corrected chi connectivity index (χ2v) is 5.44. The lowest BCUT2D eigenvalue weighted by molar-refractivity contribution is -0.139. The van der Waals surface area contributed by atoms with E-state index in [-0.39, 0.29) is 24.4 Å². The molecular formula is C13H24N2O5. The van der Waals surface area contributed by atoms with Gasteiger partial charge in [0.2, 0.25) is 0 Å². The number of hydrogen-bond acceptors (Lipinski definition) is 4. The minimum absolute atomic E-state index is 0.0668. The quantitative estimate of drug-likeness (QED) is 0.637. The Balaban J connectivity index is 2.23. The van der Waals surface area contributed by atoms with Crippen molar-refractivity contribution in [3.8, 4) is 0 Å². The van der Waals surface area contributed by atoms with Gasteiger partial charge in [-0.1, -0.05) is 6.92 Å². The largest absolute Gasteiger partial charge is 0.481 e. The number of ether oxygens (including phenoxy) is 2. The molecule has 116 valence electrons. The number of methoxy groups -OCH3 is 1. The average molecular weight is 288 g/mol. The molecular weight excluding hydrogens is 264 g/mol. The third-order valence-corrected chi connectivity index (χ3v) is 3.60. The molecule has 0 radical (unpaired) electrons. The van der Waals surface area contributed by atoms with Crippen molar-refractivity contribution in [1.29, 1.82) is 0 Å². The first-order valence-corrected chi connectivity index (χ1v) is 6.79. The summed E-state index contributed by atoms with van der Waals surface area (Å²) in [4.78, 5) is 22.2. The summed E-state index contributed by atoms with van der Waals surface area (Å²) in [7, 11) is 1.43. The third kappa shape index (κ3) is 6.21. The molecule has 0 aromatic carbocycles. The Morgan fingerprint density at radius 2 is 2.00 bits per heavy atom. The lowest BCUT2D eigenvalue weighted by Gasteiger charge is -2.33. The van der Waals surface area contributed by atoms with Crippen LogP contribution in [0.5, 0.6) is 0 Å². The molecule has 1 aliphatic heterocycles. The van der Waals surface area contributed by atoms with Gasteiger partial charge >= 0.3 is 12.0 Å². The molecule has 0 aliphatic carbocycles. The van der Waals surface area contributed by atoms with Gasteiger partial charge in [-0.3, -0.25) is 4.79 Å². The van der Waals surface area contributed by atoms with Crippen LogP contribution < -0.4 is 10.6 Å². The Hall–Kier alpha value is -1.34. The molecule has 0 aromatic rings. The summed E-state index contributed by atoms with van der Waals surface area (Å²) in [6.07, 6.45) is 1.20. The standard InChI is InChI=1S/C13H24N2O5/c1-13(3-5-20-6-4-13)9-15-12(18)14-8-10(19-2)7-11(16)17/h10H,3-9H2,1-2H3,(H,16,17)(H2,14,15,18). The lowest BCUT2D eigenvalue weighted by Crippen LogP contribution is -2.45. The molecule has 20 heavy (non-hydrogen) atoms. The first-order valence-electron chi connectivity index (χ1n) is 6.79. The SMILES string of the molecule is COC(CNC(=O)NCC1(C)CCOCC1)CC(=O)O. The summed E-state index contributed by atoms with van der Waals surface area (Å²) < 4.78 is 10.3. The van der Waals surface area contributed by atoms with Gasteiger partial charge in [-0.2, -0.15) is 0 Å². The van der Waals surface area contributed by atoms with Crippen LogP contribution in [0.4, 0.5) is 4.79 Å². The Morgan fingerprint density at radius 3 is 2.55 bits per heavy atom. The van der Waals surface area contributed by atoms with Crippen molar-refractivity contribution < 1.29 is 24.2 Å². The molecule has 1 aliphatic rings. The van der Waals surface area contributed by atoms with Crippen LogP contribution in [0.2, 0.25) is 0 Å². The fraction of sp³-hybridized carbons (Fsp3) is 0.846. The average Bonchev–Trinajstić information content (AvgIpc) is 2.41. The van der Waals surface area contributed by atoms with Gasteiger partial charge in [-0.15, -0.1) is 0 Å². The third-order valence-electron chi connectivity index (χ3n) is 3.60. The monoisotopic (exact) mass is 288 g/mol. The van der Waals surface area contributed by atoms with E-state index < -0.39 is 12.1 Å². The zero-order chi connectivity index (χ0) is 15.0. The van der Waals surface area contributed by atoms with Crippen molar-refractivity contribution >= 4 is 12.0 Å². The number of carboxylic acid groups (broad SMARTS) is 1. The van der Waals surface area contributed by atoms with Crippen LogP contribution in [0.1, 0.15) is 26.2 Å². The number of rotatable bonds is 7. The normalized spacial score (nSPS) is 19.1. The van der Waals surface area contributed by atoms with Crippen LogP contribution in [0.15, 0.2) is 0 Å². The molecule has 1 heterocycles. The fourth-order valence-electron chi connectivity index (χ4n) is 2.04. The smallest absolute Gasteiger partial charge is 0.314 e. The van der Waals surface area contributed by atoms with Crippen LogP contribution in [0.3, 0.4) is 0 Å². The lowest BCUT2D eigenvalue weighted by atomic mass is 9.82. The van der Waals surface area contributed by atoms with Gasteiger partial charge in [0.15, 0.2) is 0 Å². The van der Waals surface area contributed by atoms with E-state index in [4.69, 9.17) is 14.6 Å². The summed E-state index contributed by atoms with van der Waals surface area (Å²) in [6.45, 7) is 4.33. The first kappa shape index (κ1) is 16.7. The molecule has 2 amide bonds. The second-order valence-electron chi connectivity index (χ2n) is 5.44. The highest BCUT2D eigenvalue weighted by Crippen LogP contribution is 2.28. The summed E-state index contributed by atoms with van der Waals surface area (Å²) in [6, 6.07) is -0.301. The Labute approximate surface area is 119 Å². The van der Waals surface area contributed by atoms with Crippen molar-refractivity contribution in [3.05, 3.63) is 0 Å². The number of aliphatic carboxylic acids is 1. The van der Waals surface area contributed by atoms with E-state index in [2.05, 4.69) is 17.6 Å². The molecule has 1 fully saturated rings. The Morgan fingerprint density at radius 1 is 1.35 bits per heavy atom. The van der Waals surface area contributed by atoms with Crippen LogP contribution in [0, 0.1) is 5.41 Å². The highest BCUT2D eigenvalue weighted by atomic mass is 16.5. The number of hydrogen-bond donors (Lipinski definition) is 3. The van der Waals surface area contributed by atoms with E-state index in [1.807, 2.05) is 0 Å². The van der Waals surface area contributed by atoms with Gasteiger partial charge in [0.1, 0.15) is 0 Å². The maximum absolute atomic E-state index is 11.7. The van der Waals surface area contributed by atoms with Gasteiger partial charge in [-0.25, -0.2) is 4.79 Å². The Bertz CT molecular complexity index is 329. The van der Waals surface area contributed by atoms with Crippen molar-refractivity contribution in [1.82, 2.24) is 10.6 Å². The summed E-state index contributed by atoms with van der Waals surface area (Å²) >= 11 is 0. The van der Waals surface area contributed by atoms with Gasteiger partial charge in [0, 0.05) is 33.4 Å². The highest BCUT2D eigenvalue weighted by molar-refractivity contribution is 5.74. The zero-order valence-corrected chi connectivity index (χ0v) is 12.1. The van der Waals surface area contributed by atoms with Crippen molar-refractivity contribution in [2.75, 3.05) is 33.4 Å². The zero-order valence-electron chi connectivity index (χ0n) is 12.1. The van der Waals surface area contributed by atoms with Crippen molar-refractivity contribution in [3.63, 3.8) is 0 Å². The number of carbonyl (C=O) groups is 2. The van der Waals surface area contributed by atoms with Crippen molar-refractivity contribution in [2.45, 2.75) is 32.3 Å². The van der Waals surface area contributed by atoms with Crippen LogP contribution in [0.25, 0.3) is 0 Å². The predicted octanol–water partition coefficient (Wildman–Crippen LogP) is 0.592. The predicted molar refractivity (Wildman–Crippen MR) is 72.6 cm³/mol. The minimum Gasteiger partial charge on any atom is -0.481 e. The molecule has 0 aromatic heterocycles. The van der Waals surface area contributed by atoms with Crippen LogP contribution in [-0.2, 0) is 14.3 Å². The van der Waals surface area contributed by atoms with Crippen molar-refractivity contribution in [2.24, 2.45) is 5.41 Å². The van der Waals surface area contributed by atoms with Gasteiger partial charge in [-0.05, 0) is 18.3 Å². The van der Waals surface area contributed by atoms with Crippen LogP contribution in [-0.4, -0.2) is 56.6 Å². The maximum atomic E-state index is 11.7. The van der Waals surface area contributed by atoms with E-state index in [0.717, 1.165) is 26.1 Å². The topological polar surface area (TPSA) is 96.9 Å². The van der Waals surface area contributed by atoms with E-state index in [1.54, 1.807) is 0 Å². The number of carboxylic acids is 1. The van der Waals surface area contributed by atoms with Gasteiger partial charge < -0.3 is 25.2 Å². The van der Waals surface area contributed by atoms with E-state index in [1.165, 1.54) is 7.11 Å². The number of nitrogens with one attached hydrogen (secondary N) is 2. The molecule has 0 bridgehead atoms. The molecule has 0 saturated carbocycles. The molecule has 1 saturated heterocycles. The molecule has 0 spiro atoms. The molecule has 3 N–H and O–H groups in total. The maximum Gasteiger partial charge on any atom is 0.314 e.